The maximum atomic E-state index is 5.91. The van der Waals surface area contributed by atoms with Gasteiger partial charge in [0.05, 0.1) is 4.34 Å². The highest BCUT2D eigenvalue weighted by molar-refractivity contribution is 7.16. The van der Waals surface area contributed by atoms with E-state index >= 15 is 0 Å². The van der Waals surface area contributed by atoms with Gasteiger partial charge in [0.1, 0.15) is 0 Å². The molecule has 0 aliphatic heterocycles. The van der Waals surface area contributed by atoms with Crippen molar-refractivity contribution in [2.75, 3.05) is 19.6 Å². The lowest BCUT2D eigenvalue weighted by Gasteiger charge is -2.07. The number of thiophene rings is 1. The lowest BCUT2D eigenvalue weighted by molar-refractivity contribution is 0.635. The van der Waals surface area contributed by atoms with E-state index in [-0.39, 0.29) is 0 Å². The minimum Gasteiger partial charge on any atom is -0.312 e. The molecule has 0 unspecified atom stereocenters. The summed E-state index contributed by atoms with van der Waals surface area (Å²) < 4.78 is 0.829. The quantitative estimate of drug-likeness (QED) is 0.518. The second-order valence-corrected chi connectivity index (χ2v) is 7.60. The normalized spacial score (nSPS) is 11.3. The summed E-state index contributed by atoms with van der Waals surface area (Å²) in [7, 11) is 0. The lowest BCUT2D eigenvalue weighted by Crippen LogP contribution is -2.27. The van der Waals surface area contributed by atoms with Crippen molar-refractivity contribution >= 4 is 29.0 Å². The van der Waals surface area contributed by atoms with Gasteiger partial charge in [0, 0.05) is 43.4 Å². The summed E-state index contributed by atoms with van der Waals surface area (Å²) in [6, 6.07) is 16.7. The van der Waals surface area contributed by atoms with E-state index < -0.39 is 0 Å². The van der Waals surface area contributed by atoms with Gasteiger partial charge in [-0.25, -0.2) is 0 Å². The van der Waals surface area contributed by atoms with Crippen LogP contribution in [0, 0.1) is 0 Å². The van der Waals surface area contributed by atoms with Gasteiger partial charge >= 0.3 is 0 Å². The van der Waals surface area contributed by atoms with Crippen LogP contribution in [0.1, 0.15) is 10.4 Å². The van der Waals surface area contributed by atoms with Crippen LogP contribution < -0.4 is 10.6 Å². The van der Waals surface area contributed by atoms with Crippen molar-refractivity contribution in [3.63, 3.8) is 0 Å². The molecule has 3 nitrogen and oxygen atoms in total. The van der Waals surface area contributed by atoms with Crippen LogP contribution in [0.3, 0.4) is 0 Å². The Morgan fingerprint density at radius 2 is 1.62 bits per heavy atom. The summed E-state index contributed by atoms with van der Waals surface area (Å²) in [4.78, 5) is 5.24. The lowest BCUT2D eigenvalue weighted by atomic mass is 10.1. The van der Waals surface area contributed by atoms with E-state index in [1.165, 1.54) is 21.6 Å². The zero-order chi connectivity index (χ0) is 18.0. The van der Waals surface area contributed by atoms with Crippen LogP contribution in [0.15, 0.2) is 67.0 Å². The Bertz CT molecular complexity index is 813. The Morgan fingerprint density at radius 3 is 2.35 bits per heavy atom. The molecule has 0 amide bonds. The average Bonchev–Trinajstić information content (AvgIpc) is 3.10. The van der Waals surface area contributed by atoms with Crippen molar-refractivity contribution in [3.05, 3.63) is 81.8 Å². The molecule has 0 spiro atoms. The fourth-order valence-electron chi connectivity index (χ4n) is 2.55. The number of pyridine rings is 1. The molecule has 134 valence electrons. The minimum absolute atomic E-state index is 0.829. The Morgan fingerprint density at radius 1 is 0.885 bits per heavy atom. The highest BCUT2D eigenvalue weighted by atomic mass is 35.5. The van der Waals surface area contributed by atoms with Gasteiger partial charge in [-0.3, -0.25) is 4.98 Å². The summed E-state index contributed by atoms with van der Waals surface area (Å²) in [5, 5.41) is 6.86. The summed E-state index contributed by atoms with van der Waals surface area (Å²) in [6.45, 7) is 3.61. The van der Waals surface area contributed by atoms with Gasteiger partial charge < -0.3 is 10.6 Å². The zero-order valence-electron chi connectivity index (χ0n) is 14.5. The molecule has 2 heterocycles. The van der Waals surface area contributed by atoms with Crippen LogP contribution in [-0.4, -0.2) is 24.6 Å². The molecular formula is C21H22ClN3S. The first-order valence-electron chi connectivity index (χ1n) is 8.64. The van der Waals surface area contributed by atoms with E-state index in [4.69, 9.17) is 11.6 Å². The Balaban J connectivity index is 1.31. The van der Waals surface area contributed by atoms with Crippen molar-refractivity contribution in [2.45, 2.75) is 6.54 Å². The number of aromatic nitrogens is 1. The molecule has 0 saturated carbocycles. The Hall–Kier alpha value is -1.98. The van der Waals surface area contributed by atoms with Gasteiger partial charge in [0.15, 0.2) is 0 Å². The van der Waals surface area contributed by atoms with E-state index in [1.807, 2.05) is 36.7 Å². The first kappa shape index (κ1) is 18.8. The highest BCUT2D eigenvalue weighted by Gasteiger charge is 1.98. The predicted octanol–water partition coefficient (Wildman–Crippen LogP) is 4.86. The number of halogens is 1. The molecule has 3 aromatic rings. The number of hydrogen-bond donors (Lipinski definition) is 2. The van der Waals surface area contributed by atoms with E-state index in [2.05, 4.69) is 52.0 Å². The Kier molecular flexibility index (Phi) is 7.40. The second kappa shape index (κ2) is 10.2. The Labute approximate surface area is 163 Å². The predicted molar refractivity (Wildman–Crippen MR) is 113 cm³/mol. The maximum Gasteiger partial charge on any atom is 0.0934 e. The largest absolute Gasteiger partial charge is 0.312 e. The van der Waals surface area contributed by atoms with Crippen molar-refractivity contribution in [3.8, 4) is 11.1 Å². The van der Waals surface area contributed by atoms with Crippen molar-refractivity contribution in [1.82, 2.24) is 15.6 Å². The third-order valence-corrected chi connectivity index (χ3v) is 5.11. The smallest absolute Gasteiger partial charge is 0.0934 e. The molecule has 0 bridgehead atoms. The molecule has 0 radical (unpaired) electrons. The average molecular weight is 384 g/mol. The summed E-state index contributed by atoms with van der Waals surface area (Å²) in [6.07, 6.45) is 7.87. The molecule has 5 heteroatoms. The van der Waals surface area contributed by atoms with E-state index in [0.29, 0.717) is 0 Å². The van der Waals surface area contributed by atoms with Crippen LogP contribution in [0.4, 0.5) is 0 Å². The SMILES string of the molecule is Clc1ccc(C=CCNCCNCc2ccc(-c3ccncc3)cc2)s1. The van der Waals surface area contributed by atoms with E-state index in [0.717, 1.165) is 30.5 Å². The fraction of sp³-hybridized carbons (Fsp3) is 0.190. The monoisotopic (exact) mass is 383 g/mol. The van der Waals surface area contributed by atoms with Gasteiger partial charge in [-0.2, -0.15) is 0 Å². The molecule has 3 rings (SSSR count). The van der Waals surface area contributed by atoms with Gasteiger partial charge in [0.25, 0.3) is 0 Å². The van der Waals surface area contributed by atoms with E-state index in [1.54, 1.807) is 11.3 Å². The third-order valence-electron chi connectivity index (χ3n) is 3.91. The number of hydrogen-bond acceptors (Lipinski definition) is 4. The van der Waals surface area contributed by atoms with Crippen LogP contribution >= 0.6 is 22.9 Å². The third kappa shape index (κ3) is 6.07. The van der Waals surface area contributed by atoms with Gasteiger partial charge in [-0.05, 0) is 47.0 Å². The molecule has 0 atom stereocenters. The van der Waals surface area contributed by atoms with Gasteiger partial charge in [-0.1, -0.05) is 41.9 Å². The van der Waals surface area contributed by atoms with Gasteiger partial charge in [0.2, 0.25) is 0 Å². The van der Waals surface area contributed by atoms with Crippen molar-refractivity contribution in [1.29, 1.82) is 0 Å². The molecule has 0 aliphatic carbocycles. The molecule has 2 aromatic heterocycles. The number of benzene rings is 1. The first-order chi connectivity index (χ1) is 12.8. The zero-order valence-corrected chi connectivity index (χ0v) is 16.1. The highest BCUT2D eigenvalue weighted by Crippen LogP contribution is 2.22. The van der Waals surface area contributed by atoms with Crippen LogP contribution in [0.5, 0.6) is 0 Å². The fourth-order valence-corrected chi connectivity index (χ4v) is 3.54. The maximum absolute atomic E-state index is 5.91. The van der Waals surface area contributed by atoms with Crippen LogP contribution in [0.25, 0.3) is 17.2 Å². The summed E-state index contributed by atoms with van der Waals surface area (Å²) in [5.74, 6) is 0. The number of nitrogens with one attached hydrogen (secondary N) is 2. The number of rotatable bonds is 9. The molecular weight excluding hydrogens is 362 g/mol. The summed E-state index contributed by atoms with van der Waals surface area (Å²) in [5.41, 5.74) is 3.70. The molecule has 1 aromatic carbocycles. The minimum atomic E-state index is 0.829. The first-order valence-corrected chi connectivity index (χ1v) is 9.83. The van der Waals surface area contributed by atoms with Crippen LogP contribution in [0.2, 0.25) is 4.34 Å². The summed E-state index contributed by atoms with van der Waals surface area (Å²) >= 11 is 7.50. The van der Waals surface area contributed by atoms with Crippen molar-refractivity contribution < 1.29 is 0 Å². The molecule has 26 heavy (non-hydrogen) atoms. The second-order valence-electron chi connectivity index (χ2n) is 5.86. The van der Waals surface area contributed by atoms with Gasteiger partial charge in [-0.15, -0.1) is 11.3 Å². The molecule has 0 aliphatic rings. The standard InChI is InChI=1S/C21H22ClN3S/c22-21-8-7-20(26-21)2-1-11-23-14-15-25-16-17-3-5-18(6-4-17)19-9-12-24-13-10-19/h1-10,12-13,23,25H,11,14-16H2. The molecule has 2 N–H and O–H groups in total. The molecule has 0 fully saturated rings. The topological polar surface area (TPSA) is 37.0 Å². The van der Waals surface area contributed by atoms with E-state index in [9.17, 15) is 0 Å². The number of nitrogens with zero attached hydrogens (tertiary/aromatic N) is 1. The molecule has 0 saturated heterocycles. The van der Waals surface area contributed by atoms with Crippen molar-refractivity contribution in [2.24, 2.45) is 0 Å². The van der Waals surface area contributed by atoms with Crippen LogP contribution in [-0.2, 0) is 6.54 Å².